The third kappa shape index (κ3) is 7.88. The van der Waals surface area contributed by atoms with Crippen LogP contribution in [0.4, 0.5) is 0 Å². The van der Waals surface area contributed by atoms with Crippen LogP contribution in [0.1, 0.15) is 16.7 Å². The van der Waals surface area contributed by atoms with Gasteiger partial charge in [-0.25, -0.2) is 0 Å². The second kappa shape index (κ2) is 12.1. The molecule has 5 heteroatoms. The molecule has 1 aliphatic heterocycles. The van der Waals surface area contributed by atoms with Crippen molar-refractivity contribution >= 4 is 0 Å². The fourth-order valence-corrected chi connectivity index (χ4v) is 3.61. The maximum atomic E-state index is 10.6. The van der Waals surface area contributed by atoms with Crippen LogP contribution in [0.5, 0.6) is 0 Å². The third-order valence-electron chi connectivity index (χ3n) is 5.38. The van der Waals surface area contributed by atoms with Crippen LogP contribution in [0, 0.1) is 6.92 Å². The molecule has 1 heterocycles. The number of benzene rings is 2. The van der Waals surface area contributed by atoms with E-state index in [9.17, 15) is 5.11 Å². The van der Waals surface area contributed by atoms with E-state index in [1.807, 2.05) is 30.3 Å². The van der Waals surface area contributed by atoms with Gasteiger partial charge in [0, 0.05) is 39.3 Å². The van der Waals surface area contributed by atoms with E-state index >= 15 is 0 Å². The molecule has 5 nitrogen and oxygen atoms in total. The van der Waals surface area contributed by atoms with Gasteiger partial charge in [-0.3, -0.25) is 9.80 Å². The summed E-state index contributed by atoms with van der Waals surface area (Å²) in [6, 6.07) is 18.6. The van der Waals surface area contributed by atoms with Crippen LogP contribution in [0.3, 0.4) is 0 Å². The van der Waals surface area contributed by atoms with Gasteiger partial charge in [0.15, 0.2) is 0 Å². The van der Waals surface area contributed by atoms with Gasteiger partial charge in [0.05, 0.1) is 32.5 Å². The first kappa shape index (κ1) is 21.9. The zero-order valence-electron chi connectivity index (χ0n) is 17.5. The second-order valence-corrected chi connectivity index (χ2v) is 7.77. The first-order chi connectivity index (χ1) is 14.2. The van der Waals surface area contributed by atoms with Crippen LogP contribution in [0.15, 0.2) is 54.6 Å². The summed E-state index contributed by atoms with van der Waals surface area (Å²) in [4.78, 5) is 4.78. The molecule has 0 saturated carbocycles. The summed E-state index contributed by atoms with van der Waals surface area (Å²) in [7, 11) is 0. The molecule has 1 fully saturated rings. The largest absolute Gasteiger partial charge is 0.389 e. The van der Waals surface area contributed by atoms with Crippen LogP contribution in [0.25, 0.3) is 0 Å². The van der Waals surface area contributed by atoms with Gasteiger partial charge in [0.25, 0.3) is 0 Å². The van der Waals surface area contributed by atoms with Crippen molar-refractivity contribution < 1.29 is 14.6 Å². The predicted octanol–water partition coefficient (Wildman–Crippen LogP) is 2.71. The molecule has 0 aromatic heterocycles. The number of aliphatic hydroxyl groups is 1. The fourth-order valence-electron chi connectivity index (χ4n) is 3.61. The Morgan fingerprint density at radius 1 is 1.07 bits per heavy atom. The van der Waals surface area contributed by atoms with Gasteiger partial charge in [-0.05, 0) is 23.6 Å². The Balaban J connectivity index is 1.50. The molecule has 0 radical (unpaired) electrons. The SMILES string of the molecule is Cc1ccccc1CN(CCN1CCOCC1)CC(O)COCc1ccccc1. The molecule has 0 spiro atoms. The zero-order chi connectivity index (χ0) is 20.3. The molecule has 0 aliphatic carbocycles. The van der Waals surface area contributed by atoms with E-state index in [4.69, 9.17) is 9.47 Å². The van der Waals surface area contributed by atoms with E-state index in [2.05, 4.69) is 41.0 Å². The molecule has 0 bridgehead atoms. The molecule has 1 N–H and O–H groups in total. The maximum Gasteiger partial charge on any atom is 0.0900 e. The van der Waals surface area contributed by atoms with E-state index < -0.39 is 6.10 Å². The number of aliphatic hydroxyl groups excluding tert-OH is 1. The maximum absolute atomic E-state index is 10.6. The zero-order valence-corrected chi connectivity index (χ0v) is 17.5. The molecule has 158 valence electrons. The first-order valence-electron chi connectivity index (χ1n) is 10.6. The Kier molecular flexibility index (Phi) is 9.12. The van der Waals surface area contributed by atoms with Crippen molar-refractivity contribution in [2.24, 2.45) is 0 Å². The first-order valence-corrected chi connectivity index (χ1v) is 10.6. The summed E-state index contributed by atoms with van der Waals surface area (Å²) >= 11 is 0. The number of morpholine rings is 1. The van der Waals surface area contributed by atoms with Gasteiger partial charge in [-0.2, -0.15) is 0 Å². The molecule has 1 atom stereocenters. The summed E-state index contributed by atoms with van der Waals surface area (Å²) in [6.45, 7) is 9.98. The van der Waals surface area contributed by atoms with Gasteiger partial charge in [0.1, 0.15) is 0 Å². The smallest absolute Gasteiger partial charge is 0.0900 e. The van der Waals surface area contributed by atoms with Crippen LogP contribution in [-0.2, 0) is 22.6 Å². The van der Waals surface area contributed by atoms with Crippen molar-refractivity contribution in [3.63, 3.8) is 0 Å². The number of hydrogen-bond donors (Lipinski definition) is 1. The number of hydrogen-bond acceptors (Lipinski definition) is 5. The third-order valence-corrected chi connectivity index (χ3v) is 5.38. The van der Waals surface area contributed by atoms with Gasteiger partial charge in [-0.1, -0.05) is 54.6 Å². The van der Waals surface area contributed by atoms with Crippen LogP contribution < -0.4 is 0 Å². The van der Waals surface area contributed by atoms with Gasteiger partial charge >= 0.3 is 0 Å². The summed E-state index contributed by atoms with van der Waals surface area (Å²) in [5, 5.41) is 10.6. The highest BCUT2D eigenvalue weighted by Gasteiger charge is 2.16. The minimum absolute atomic E-state index is 0.344. The van der Waals surface area contributed by atoms with Crippen molar-refractivity contribution in [1.29, 1.82) is 0 Å². The molecule has 0 amide bonds. The summed E-state index contributed by atoms with van der Waals surface area (Å²) in [5.41, 5.74) is 3.73. The Hall–Kier alpha value is -1.76. The lowest BCUT2D eigenvalue weighted by Crippen LogP contribution is -2.43. The van der Waals surface area contributed by atoms with Crippen molar-refractivity contribution in [1.82, 2.24) is 9.80 Å². The highest BCUT2D eigenvalue weighted by atomic mass is 16.5. The Morgan fingerprint density at radius 3 is 2.55 bits per heavy atom. The average molecular weight is 399 g/mol. The highest BCUT2D eigenvalue weighted by molar-refractivity contribution is 5.25. The predicted molar refractivity (Wildman–Crippen MR) is 116 cm³/mol. The van der Waals surface area contributed by atoms with E-state index in [0.29, 0.717) is 19.8 Å². The van der Waals surface area contributed by atoms with Gasteiger partial charge in [-0.15, -0.1) is 0 Å². The number of ether oxygens (including phenoxy) is 2. The molecule has 2 aromatic rings. The lowest BCUT2D eigenvalue weighted by molar-refractivity contribution is 0.00208. The molecule has 1 aliphatic rings. The number of aryl methyl sites for hydroxylation is 1. The molecule has 1 saturated heterocycles. The minimum atomic E-state index is -0.507. The van der Waals surface area contributed by atoms with Crippen molar-refractivity contribution in [2.75, 3.05) is 52.5 Å². The Bertz CT molecular complexity index is 704. The van der Waals surface area contributed by atoms with Crippen LogP contribution in [-0.4, -0.2) is 73.6 Å². The van der Waals surface area contributed by atoms with Crippen molar-refractivity contribution in [3.8, 4) is 0 Å². The molecular weight excluding hydrogens is 364 g/mol. The second-order valence-electron chi connectivity index (χ2n) is 7.77. The monoisotopic (exact) mass is 398 g/mol. The molecule has 1 unspecified atom stereocenters. The Morgan fingerprint density at radius 2 is 1.79 bits per heavy atom. The van der Waals surface area contributed by atoms with Crippen molar-refractivity contribution in [2.45, 2.75) is 26.2 Å². The van der Waals surface area contributed by atoms with Gasteiger partial charge < -0.3 is 14.6 Å². The molecule has 29 heavy (non-hydrogen) atoms. The standard InChI is InChI=1S/C24H34N2O3/c1-21-7-5-6-10-23(21)17-26(12-11-25-13-15-28-16-14-25)18-24(27)20-29-19-22-8-3-2-4-9-22/h2-10,24,27H,11-20H2,1H3. The lowest BCUT2D eigenvalue weighted by atomic mass is 10.1. The van der Waals surface area contributed by atoms with E-state index in [0.717, 1.165) is 51.5 Å². The quantitative estimate of drug-likeness (QED) is 0.631. The minimum Gasteiger partial charge on any atom is -0.389 e. The topological polar surface area (TPSA) is 45.2 Å². The molecule has 3 rings (SSSR count). The summed E-state index contributed by atoms with van der Waals surface area (Å²) in [5.74, 6) is 0. The highest BCUT2D eigenvalue weighted by Crippen LogP contribution is 2.12. The molecular formula is C24H34N2O3. The van der Waals surface area contributed by atoms with Gasteiger partial charge in [0.2, 0.25) is 0 Å². The molecule has 2 aromatic carbocycles. The fraction of sp³-hybridized carbons (Fsp3) is 0.500. The average Bonchev–Trinajstić information content (AvgIpc) is 2.75. The van der Waals surface area contributed by atoms with Crippen LogP contribution in [0.2, 0.25) is 0 Å². The normalized spacial score (nSPS) is 16.2. The van der Waals surface area contributed by atoms with Crippen molar-refractivity contribution in [3.05, 3.63) is 71.3 Å². The van der Waals surface area contributed by atoms with E-state index in [-0.39, 0.29) is 0 Å². The van der Waals surface area contributed by atoms with E-state index in [1.54, 1.807) is 0 Å². The van der Waals surface area contributed by atoms with E-state index in [1.165, 1.54) is 11.1 Å². The lowest BCUT2D eigenvalue weighted by Gasteiger charge is -2.31. The van der Waals surface area contributed by atoms with Crippen LogP contribution >= 0.6 is 0 Å². The Labute approximate surface area is 174 Å². The number of nitrogens with zero attached hydrogens (tertiary/aromatic N) is 2. The summed E-state index contributed by atoms with van der Waals surface area (Å²) < 4.78 is 11.2. The number of rotatable bonds is 11. The summed E-state index contributed by atoms with van der Waals surface area (Å²) in [6.07, 6.45) is -0.507.